The minimum atomic E-state index is -0.773. The summed E-state index contributed by atoms with van der Waals surface area (Å²) in [6.07, 6.45) is 1.39. The van der Waals surface area contributed by atoms with Crippen LogP contribution < -0.4 is 0 Å². The third-order valence-electron chi connectivity index (χ3n) is 2.91. The average molecular weight is 201 g/mol. The monoisotopic (exact) mass is 201 g/mol. The highest BCUT2D eigenvalue weighted by Gasteiger charge is 2.42. The molecule has 2 N–H and O–H groups in total. The van der Waals surface area contributed by atoms with Gasteiger partial charge in [0.15, 0.2) is 0 Å². The number of rotatable bonds is 3. The van der Waals surface area contributed by atoms with Gasteiger partial charge in [-0.25, -0.2) is 0 Å². The number of carboxylic acids is 1. The lowest BCUT2D eigenvalue weighted by Crippen LogP contribution is -2.47. The molecule has 0 saturated carbocycles. The topological polar surface area (TPSA) is 60.8 Å². The highest BCUT2D eigenvalue weighted by Crippen LogP contribution is 2.34. The normalized spacial score (nSPS) is 31.4. The van der Waals surface area contributed by atoms with Crippen LogP contribution in [0, 0.1) is 5.41 Å². The van der Waals surface area contributed by atoms with Gasteiger partial charge in [0.25, 0.3) is 0 Å². The molecule has 0 radical (unpaired) electrons. The average Bonchev–Trinajstić information content (AvgIpc) is 2.02. The quantitative estimate of drug-likeness (QED) is 0.700. The van der Waals surface area contributed by atoms with Crippen LogP contribution in [0.4, 0.5) is 0 Å². The fourth-order valence-corrected chi connectivity index (χ4v) is 2.36. The summed E-state index contributed by atoms with van der Waals surface area (Å²) in [5.41, 5.74) is -0.735. The lowest BCUT2D eigenvalue weighted by Gasteiger charge is -2.38. The van der Waals surface area contributed by atoms with Crippen molar-refractivity contribution in [1.29, 1.82) is 0 Å². The molecule has 1 fully saturated rings. The van der Waals surface area contributed by atoms with E-state index in [-0.39, 0.29) is 0 Å². The van der Waals surface area contributed by atoms with E-state index in [1.54, 1.807) is 6.92 Å². The summed E-state index contributed by atoms with van der Waals surface area (Å²) in [5.74, 6) is -0.773. The van der Waals surface area contributed by atoms with Crippen LogP contribution in [0.5, 0.6) is 0 Å². The second-order valence-electron chi connectivity index (χ2n) is 4.48. The van der Waals surface area contributed by atoms with Crippen LogP contribution in [0.3, 0.4) is 0 Å². The number of aliphatic carboxylic acids is 1. The molecular weight excluding hydrogens is 182 g/mol. The molecule has 0 bridgehead atoms. The van der Waals surface area contributed by atoms with Gasteiger partial charge in [-0.05, 0) is 39.8 Å². The van der Waals surface area contributed by atoms with Gasteiger partial charge in [0, 0.05) is 6.54 Å². The molecule has 0 aliphatic carbocycles. The summed E-state index contributed by atoms with van der Waals surface area (Å²) in [6.45, 7) is 3.15. The van der Waals surface area contributed by atoms with Gasteiger partial charge in [0.05, 0.1) is 11.5 Å². The zero-order chi connectivity index (χ0) is 10.8. The molecule has 1 aliphatic heterocycles. The van der Waals surface area contributed by atoms with E-state index in [4.69, 9.17) is 0 Å². The van der Waals surface area contributed by atoms with E-state index in [2.05, 4.69) is 0 Å². The third-order valence-corrected chi connectivity index (χ3v) is 2.91. The van der Waals surface area contributed by atoms with Gasteiger partial charge in [-0.2, -0.15) is 0 Å². The summed E-state index contributed by atoms with van der Waals surface area (Å²) in [4.78, 5) is 13.2. The van der Waals surface area contributed by atoms with Gasteiger partial charge in [-0.1, -0.05) is 0 Å². The zero-order valence-electron chi connectivity index (χ0n) is 8.86. The zero-order valence-corrected chi connectivity index (χ0v) is 8.86. The SMILES string of the molecule is CC(O)CC1(C(=O)O)CCCN(C)C1. The van der Waals surface area contributed by atoms with Gasteiger partial charge in [-0.3, -0.25) is 4.79 Å². The second kappa shape index (κ2) is 4.28. The van der Waals surface area contributed by atoms with E-state index in [1.165, 1.54) is 0 Å². The molecule has 0 aromatic heterocycles. The van der Waals surface area contributed by atoms with Crippen molar-refractivity contribution in [2.24, 2.45) is 5.41 Å². The first-order valence-electron chi connectivity index (χ1n) is 5.06. The predicted molar refractivity (Wildman–Crippen MR) is 53.1 cm³/mol. The molecule has 0 aromatic carbocycles. The van der Waals surface area contributed by atoms with Crippen LogP contribution in [0.2, 0.25) is 0 Å². The van der Waals surface area contributed by atoms with Gasteiger partial charge < -0.3 is 15.1 Å². The Morgan fingerprint density at radius 2 is 2.29 bits per heavy atom. The molecular formula is C10H19NO3. The number of carboxylic acid groups (broad SMARTS) is 1. The molecule has 2 unspecified atom stereocenters. The maximum Gasteiger partial charge on any atom is 0.311 e. The molecule has 1 saturated heterocycles. The molecule has 1 heterocycles. The van der Waals surface area contributed by atoms with Gasteiger partial charge in [0.2, 0.25) is 0 Å². The Balaban J connectivity index is 2.75. The van der Waals surface area contributed by atoms with Crippen molar-refractivity contribution in [3.63, 3.8) is 0 Å². The third kappa shape index (κ3) is 2.45. The number of aliphatic hydroxyl groups excluding tert-OH is 1. The molecule has 82 valence electrons. The van der Waals surface area contributed by atoms with E-state index < -0.39 is 17.5 Å². The summed E-state index contributed by atoms with van der Waals surface area (Å²) >= 11 is 0. The van der Waals surface area contributed by atoms with Crippen LogP contribution in [0.25, 0.3) is 0 Å². The molecule has 1 aliphatic rings. The Morgan fingerprint density at radius 1 is 1.64 bits per heavy atom. The molecule has 0 spiro atoms. The molecule has 14 heavy (non-hydrogen) atoms. The molecule has 0 aromatic rings. The smallest absolute Gasteiger partial charge is 0.311 e. The number of aliphatic hydroxyl groups is 1. The lowest BCUT2D eigenvalue weighted by atomic mass is 9.76. The van der Waals surface area contributed by atoms with Crippen LogP contribution in [-0.4, -0.2) is 47.3 Å². The molecule has 1 rings (SSSR count). The Hall–Kier alpha value is -0.610. The Kier molecular flexibility index (Phi) is 3.50. The Labute approximate surface area is 84.5 Å². The van der Waals surface area contributed by atoms with Crippen LogP contribution >= 0.6 is 0 Å². The van der Waals surface area contributed by atoms with E-state index in [0.29, 0.717) is 19.4 Å². The number of likely N-dealkylation sites (tertiary alicyclic amines) is 1. The second-order valence-corrected chi connectivity index (χ2v) is 4.48. The first kappa shape index (κ1) is 11.5. The number of hydrogen-bond donors (Lipinski definition) is 2. The first-order chi connectivity index (χ1) is 6.46. The summed E-state index contributed by atoms with van der Waals surface area (Å²) in [5, 5.41) is 18.5. The van der Waals surface area contributed by atoms with E-state index >= 15 is 0 Å². The number of carbonyl (C=O) groups is 1. The van der Waals surface area contributed by atoms with Crippen molar-refractivity contribution in [1.82, 2.24) is 4.90 Å². The number of nitrogens with zero attached hydrogens (tertiary/aromatic N) is 1. The summed E-state index contributed by atoms with van der Waals surface area (Å²) < 4.78 is 0. The van der Waals surface area contributed by atoms with Gasteiger partial charge >= 0.3 is 5.97 Å². The van der Waals surface area contributed by atoms with Crippen LogP contribution in [-0.2, 0) is 4.79 Å². The molecule has 2 atom stereocenters. The number of piperidine rings is 1. The highest BCUT2D eigenvalue weighted by molar-refractivity contribution is 5.75. The largest absolute Gasteiger partial charge is 0.481 e. The molecule has 4 heteroatoms. The Morgan fingerprint density at radius 3 is 2.71 bits per heavy atom. The van der Waals surface area contributed by atoms with Crippen molar-refractivity contribution >= 4 is 5.97 Å². The summed E-state index contributed by atoms with van der Waals surface area (Å²) in [7, 11) is 1.93. The lowest BCUT2D eigenvalue weighted by molar-refractivity contribution is -0.154. The first-order valence-corrected chi connectivity index (χ1v) is 5.06. The minimum absolute atomic E-state index is 0.354. The maximum atomic E-state index is 11.2. The standard InChI is InChI=1S/C10H19NO3/c1-8(12)6-10(9(13)14)4-3-5-11(2)7-10/h8,12H,3-7H2,1-2H3,(H,13,14). The molecule has 0 amide bonds. The number of hydrogen-bond acceptors (Lipinski definition) is 3. The Bertz CT molecular complexity index is 213. The van der Waals surface area contributed by atoms with Crippen LogP contribution in [0.15, 0.2) is 0 Å². The van der Waals surface area contributed by atoms with Crippen LogP contribution in [0.1, 0.15) is 26.2 Å². The molecule has 4 nitrogen and oxygen atoms in total. The fourth-order valence-electron chi connectivity index (χ4n) is 2.36. The minimum Gasteiger partial charge on any atom is -0.481 e. The highest BCUT2D eigenvalue weighted by atomic mass is 16.4. The van der Waals surface area contributed by atoms with E-state index in [0.717, 1.165) is 13.0 Å². The van der Waals surface area contributed by atoms with E-state index in [9.17, 15) is 15.0 Å². The van der Waals surface area contributed by atoms with Crippen molar-refractivity contribution < 1.29 is 15.0 Å². The maximum absolute atomic E-state index is 11.2. The van der Waals surface area contributed by atoms with Gasteiger partial charge in [0.1, 0.15) is 0 Å². The van der Waals surface area contributed by atoms with Gasteiger partial charge in [-0.15, -0.1) is 0 Å². The van der Waals surface area contributed by atoms with Crippen molar-refractivity contribution in [3.8, 4) is 0 Å². The van der Waals surface area contributed by atoms with Crippen molar-refractivity contribution in [2.75, 3.05) is 20.1 Å². The van der Waals surface area contributed by atoms with Crippen molar-refractivity contribution in [2.45, 2.75) is 32.3 Å². The predicted octanol–water partition coefficient (Wildman–Crippen LogP) is 0.554. The summed E-state index contributed by atoms with van der Waals surface area (Å²) in [6, 6.07) is 0. The van der Waals surface area contributed by atoms with Crippen molar-refractivity contribution in [3.05, 3.63) is 0 Å². The fraction of sp³-hybridized carbons (Fsp3) is 0.900. The van der Waals surface area contributed by atoms with E-state index in [1.807, 2.05) is 11.9 Å².